The van der Waals surface area contributed by atoms with Crippen LogP contribution >= 0.6 is 39.3 Å². The van der Waals surface area contributed by atoms with Gasteiger partial charge in [0.1, 0.15) is 0 Å². The number of esters is 1. The quantitative estimate of drug-likeness (QED) is 0.118. The SMILES string of the molecule is CCOc1cc(/C=C2\SC(=O)N(Cc3cccc(Cl)c3)C2=O)cc(Br)c1OC(=O)c1cccc2ccccc12. The summed E-state index contributed by atoms with van der Waals surface area (Å²) in [5.41, 5.74) is 1.79. The summed E-state index contributed by atoms with van der Waals surface area (Å²) >= 11 is 10.4. The number of thioether (sulfide) groups is 1. The summed E-state index contributed by atoms with van der Waals surface area (Å²) < 4.78 is 12.1. The zero-order valence-corrected chi connectivity index (χ0v) is 23.8. The third-order valence-electron chi connectivity index (χ3n) is 5.94. The lowest BCUT2D eigenvalue weighted by molar-refractivity contribution is -0.123. The zero-order chi connectivity index (χ0) is 27.5. The highest BCUT2D eigenvalue weighted by molar-refractivity contribution is 9.10. The monoisotopic (exact) mass is 621 g/mol. The van der Waals surface area contributed by atoms with Crippen molar-refractivity contribution in [3.05, 3.63) is 110 Å². The van der Waals surface area contributed by atoms with Crippen LogP contribution in [0.25, 0.3) is 16.8 Å². The second-order valence-electron chi connectivity index (χ2n) is 8.58. The predicted molar refractivity (Wildman–Crippen MR) is 157 cm³/mol. The number of nitrogens with zero attached hydrogens (tertiary/aromatic N) is 1. The van der Waals surface area contributed by atoms with E-state index in [2.05, 4.69) is 15.9 Å². The first-order valence-electron chi connectivity index (χ1n) is 12.0. The molecule has 9 heteroatoms. The Bertz CT molecular complexity index is 1650. The topological polar surface area (TPSA) is 72.9 Å². The van der Waals surface area contributed by atoms with Gasteiger partial charge in [0.05, 0.1) is 28.1 Å². The summed E-state index contributed by atoms with van der Waals surface area (Å²) in [4.78, 5) is 40.3. The van der Waals surface area contributed by atoms with E-state index in [0.29, 0.717) is 33.0 Å². The molecule has 0 atom stereocenters. The van der Waals surface area contributed by atoms with E-state index in [0.717, 1.165) is 28.1 Å². The standard InChI is InChI=1S/C30H21BrClNO5S/c1-2-37-25-15-19(16-26-28(34)33(30(36)39-26)17-18-7-5-10-21(32)13-18)14-24(31)27(25)38-29(35)23-12-6-9-20-8-3-4-11-22(20)23/h3-16H,2,17H2,1H3/b26-16-. The van der Waals surface area contributed by atoms with Gasteiger partial charge in [-0.1, -0.05) is 60.1 Å². The molecule has 0 spiro atoms. The molecule has 0 N–H and O–H groups in total. The minimum absolute atomic E-state index is 0.125. The summed E-state index contributed by atoms with van der Waals surface area (Å²) in [5.74, 6) is -0.375. The van der Waals surface area contributed by atoms with Gasteiger partial charge in [0.2, 0.25) is 0 Å². The molecule has 0 aliphatic carbocycles. The van der Waals surface area contributed by atoms with E-state index in [1.54, 1.807) is 48.5 Å². The van der Waals surface area contributed by atoms with Crippen molar-refractivity contribution in [2.24, 2.45) is 0 Å². The Balaban J connectivity index is 1.42. The number of ether oxygens (including phenoxy) is 2. The molecule has 4 aromatic rings. The van der Waals surface area contributed by atoms with Crippen molar-refractivity contribution in [1.29, 1.82) is 0 Å². The van der Waals surface area contributed by atoms with Gasteiger partial charge in [0.25, 0.3) is 11.1 Å². The lowest BCUT2D eigenvalue weighted by atomic mass is 10.0. The number of hydrogen-bond acceptors (Lipinski definition) is 6. The molecule has 0 unspecified atom stereocenters. The van der Waals surface area contributed by atoms with Crippen LogP contribution in [-0.4, -0.2) is 28.6 Å². The molecule has 2 amide bonds. The predicted octanol–water partition coefficient (Wildman–Crippen LogP) is 8.11. The van der Waals surface area contributed by atoms with Crippen molar-refractivity contribution in [3.8, 4) is 11.5 Å². The highest BCUT2D eigenvalue weighted by Crippen LogP contribution is 2.40. The molecular weight excluding hydrogens is 602 g/mol. The molecule has 1 aliphatic rings. The molecule has 0 bridgehead atoms. The maximum absolute atomic E-state index is 13.2. The van der Waals surface area contributed by atoms with Crippen LogP contribution in [0.15, 0.2) is 88.2 Å². The fraction of sp³-hybridized carbons (Fsp3) is 0.100. The summed E-state index contributed by atoms with van der Waals surface area (Å²) in [6, 6.07) is 23.4. The van der Waals surface area contributed by atoms with Crippen LogP contribution in [0.2, 0.25) is 5.02 Å². The minimum Gasteiger partial charge on any atom is -0.490 e. The van der Waals surface area contributed by atoms with Crippen molar-refractivity contribution in [1.82, 2.24) is 4.90 Å². The third-order valence-corrected chi connectivity index (χ3v) is 7.67. The first-order chi connectivity index (χ1) is 18.8. The average Bonchev–Trinajstić information content (AvgIpc) is 3.17. The van der Waals surface area contributed by atoms with E-state index in [-0.39, 0.29) is 22.4 Å². The van der Waals surface area contributed by atoms with Crippen LogP contribution in [-0.2, 0) is 11.3 Å². The maximum atomic E-state index is 13.2. The Morgan fingerprint density at radius 3 is 2.59 bits per heavy atom. The number of amides is 2. The highest BCUT2D eigenvalue weighted by Gasteiger charge is 2.35. The Hall–Kier alpha value is -3.59. The molecule has 4 aromatic carbocycles. The van der Waals surface area contributed by atoms with Gasteiger partial charge in [-0.05, 0) is 92.9 Å². The van der Waals surface area contributed by atoms with Gasteiger partial charge in [-0.25, -0.2) is 4.79 Å². The van der Waals surface area contributed by atoms with Crippen LogP contribution in [0.3, 0.4) is 0 Å². The number of imide groups is 1. The normalized spacial score (nSPS) is 14.3. The van der Waals surface area contributed by atoms with Crippen LogP contribution in [0.5, 0.6) is 11.5 Å². The Morgan fingerprint density at radius 1 is 1.03 bits per heavy atom. The van der Waals surface area contributed by atoms with E-state index in [4.69, 9.17) is 21.1 Å². The highest BCUT2D eigenvalue weighted by atomic mass is 79.9. The van der Waals surface area contributed by atoms with Crippen LogP contribution < -0.4 is 9.47 Å². The van der Waals surface area contributed by atoms with Gasteiger partial charge in [0, 0.05) is 5.02 Å². The molecule has 1 aliphatic heterocycles. The van der Waals surface area contributed by atoms with Gasteiger partial charge < -0.3 is 9.47 Å². The van der Waals surface area contributed by atoms with Crippen molar-refractivity contribution in [2.45, 2.75) is 13.5 Å². The summed E-state index contributed by atoms with van der Waals surface area (Å²) in [5, 5.41) is 1.88. The van der Waals surface area contributed by atoms with E-state index < -0.39 is 11.9 Å². The molecule has 0 saturated carbocycles. The summed E-state index contributed by atoms with van der Waals surface area (Å²) in [7, 11) is 0. The number of benzene rings is 4. The molecule has 5 rings (SSSR count). The lowest BCUT2D eigenvalue weighted by Crippen LogP contribution is -2.27. The van der Waals surface area contributed by atoms with Gasteiger partial charge in [-0.15, -0.1) is 0 Å². The largest absolute Gasteiger partial charge is 0.490 e. The molecular formula is C30H21BrClNO5S. The number of fused-ring (bicyclic) bond motifs is 1. The molecule has 196 valence electrons. The number of halogens is 2. The van der Waals surface area contributed by atoms with E-state index in [1.165, 1.54) is 4.90 Å². The van der Waals surface area contributed by atoms with Gasteiger partial charge in [0.15, 0.2) is 11.5 Å². The summed E-state index contributed by atoms with van der Waals surface area (Å²) in [6.45, 7) is 2.27. The fourth-order valence-corrected chi connectivity index (χ4v) is 5.78. The van der Waals surface area contributed by atoms with E-state index in [9.17, 15) is 14.4 Å². The molecule has 6 nitrogen and oxygen atoms in total. The maximum Gasteiger partial charge on any atom is 0.344 e. The minimum atomic E-state index is -0.525. The van der Waals surface area contributed by atoms with Gasteiger partial charge in [-0.3, -0.25) is 14.5 Å². The molecule has 0 radical (unpaired) electrons. The number of carbonyl (C=O) groups excluding carboxylic acids is 3. The second kappa shape index (κ2) is 11.7. The first kappa shape index (κ1) is 27.0. The Labute approximate surface area is 242 Å². The smallest absolute Gasteiger partial charge is 0.344 e. The Kier molecular flexibility index (Phi) is 8.07. The van der Waals surface area contributed by atoms with Crippen molar-refractivity contribution < 1.29 is 23.9 Å². The van der Waals surface area contributed by atoms with E-state index in [1.807, 2.05) is 43.3 Å². The Morgan fingerprint density at radius 2 is 1.79 bits per heavy atom. The fourth-order valence-electron chi connectivity index (χ4n) is 4.19. The molecule has 39 heavy (non-hydrogen) atoms. The number of rotatable bonds is 7. The van der Waals surface area contributed by atoms with E-state index >= 15 is 0 Å². The van der Waals surface area contributed by atoms with Crippen molar-refractivity contribution in [3.63, 3.8) is 0 Å². The van der Waals surface area contributed by atoms with Crippen molar-refractivity contribution >= 4 is 73.3 Å². The van der Waals surface area contributed by atoms with Crippen LogP contribution in [0, 0.1) is 0 Å². The third kappa shape index (κ3) is 5.88. The number of carbonyl (C=O) groups is 3. The van der Waals surface area contributed by atoms with Gasteiger partial charge in [-0.2, -0.15) is 0 Å². The molecule has 1 fully saturated rings. The van der Waals surface area contributed by atoms with Crippen LogP contribution in [0.4, 0.5) is 4.79 Å². The second-order valence-corrected chi connectivity index (χ2v) is 10.9. The average molecular weight is 623 g/mol. The number of hydrogen-bond donors (Lipinski definition) is 0. The summed E-state index contributed by atoms with van der Waals surface area (Å²) in [6.07, 6.45) is 1.62. The molecule has 1 saturated heterocycles. The molecule has 0 aromatic heterocycles. The van der Waals surface area contributed by atoms with Gasteiger partial charge >= 0.3 is 5.97 Å². The van der Waals surface area contributed by atoms with Crippen LogP contribution in [0.1, 0.15) is 28.4 Å². The molecule has 1 heterocycles. The lowest BCUT2D eigenvalue weighted by Gasteiger charge is -2.14. The first-order valence-corrected chi connectivity index (χ1v) is 14.0. The zero-order valence-electron chi connectivity index (χ0n) is 20.6. The van der Waals surface area contributed by atoms with Crippen molar-refractivity contribution in [2.75, 3.05) is 6.61 Å².